The Labute approximate surface area is 127 Å². The highest BCUT2D eigenvalue weighted by atomic mass is 35.5. The van der Waals surface area contributed by atoms with Gasteiger partial charge in [0.1, 0.15) is 10.8 Å². The second-order valence-corrected chi connectivity index (χ2v) is 6.64. The molecule has 0 saturated heterocycles. The fourth-order valence-corrected chi connectivity index (χ4v) is 2.14. The van der Waals surface area contributed by atoms with Crippen LogP contribution >= 0.6 is 23.2 Å². The average molecular weight is 321 g/mol. The summed E-state index contributed by atoms with van der Waals surface area (Å²) in [7, 11) is 0. The normalized spacial score (nSPS) is 13.1. The maximum absolute atomic E-state index is 11.9. The minimum absolute atomic E-state index is 0.0553. The fraction of sp³-hybridized carbons (Fsp3) is 0.538. The van der Waals surface area contributed by atoms with Gasteiger partial charge >= 0.3 is 5.97 Å². The van der Waals surface area contributed by atoms with Crippen LogP contribution in [0.2, 0.25) is 10.2 Å². The van der Waals surface area contributed by atoms with Gasteiger partial charge in [-0.15, -0.1) is 0 Å². The van der Waals surface area contributed by atoms with E-state index in [1.54, 1.807) is 0 Å². The third-order valence-corrected chi connectivity index (χ3v) is 3.38. The lowest BCUT2D eigenvalue weighted by atomic mass is 9.84. The molecule has 0 fully saturated rings. The second-order valence-electron chi connectivity index (χ2n) is 5.85. The molecule has 7 heteroatoms. The lowest BCUT2D eigenvalue weighted by molar-refractivity contribution is -0.142. The SMILES string of the molecule is CC(C)(C)CC(CNC(=O)c1cc(Cl)c(Cl)[nH]1)C(=O)O. The minimum atomic E-state index is -0.928. The van der Waals surface area contributed by atoms with Gasteiger partial charge in [0, 0.05) is 6.54 Å². The Balaban J connectivity index is 2.63. The summed E-state index contributed by atoms with van der Waals surface area (Å²) in [6.45, 7) is 5.92. The summed E-state index contributed by atoms with van der Waals surface area (Å²) in [5.74, 6) is -2.00. The van der Waals surface area contributed by atoms with Crippen molar-refractivity contribution in [3.8, 4) is 0 Å². The van der Waals surface area contributed by atoms with E-state index in [4.69, 9.17) is 28.3 Å². The van der Waals surface area contributed by atoms with E-state index in [-0.39, 0.29) is 27.8 Å². The molecule has 3 N–H and O–H groups in total. The molecular weight excluding hydrogens is 303 g/mol. The number of amides is 1. The van der Waals surface area contributed by atoms with E-state index in [2.05, 4.69) is 10.3 Å². The number of aromatic nitrogens is 1. The van der Waals surface area contributed by atoms with Gasteiger partial charge < -0.3 is 15.4 Å². The Morgan fingerprint density at radius 2 is 2.00 bits per heavy atom. The number of halogens is 2. The molecule has 0 bridgehead atoms. The topological polar surface area (TPSA) is 82.2 Å². The third-order valence-electron chi connectivity index (χ3n) is 2.69. The predicted octanol–water partition coefficient (Wildman–Crippen LogP) is 3.19. The summed E-state index contributed by atoms with van der Waals surface area (Å²) in [6.07, 6.45) is 0.467. The van der Waals surface area contributed by atoms with Crippen molar-refractivity contribution in [2.24, 2.45) is 11.3 Å². The zero-order valence-electron chi connectivity index (χ0n) is 11.6. The van der Waals surface area contributed by atoms with Crippen LogP contribution in [0.3, 0.4) is 0 Å². The first-order valence-corrected chi connectivity index (χ1v) is 6.91. The summed E-state index contributed by atoms with van der Waals surface area (Å²) in [4.78, 5) is 25.7. The summed E-state index contributed by atoms with van der Waals surface area (Å²) in [6, 6.07) is 1.40. The van der Waals surface area contributed by atoms with Gasteiger partial charge in [-0.1, -0.05) is 44.0 Å². The molecule has 0 aromatic carbocycles. The summed E-state index contributed by atoms with van der Waals surface area (Å²) >= 11 is 11.4. The first-order chi connectivity index (χ1) is 9.10. The Morgan fingerprint density at radius 1 is 1.40 bits per heavy atom. The molecule has 0 aliphatic carbocycles. The minimum Gasteiger partial charge on any atom is -0.481 e. The van der Waals surface area contributed by atoms with Crippen molar-refractivity contribution < 1.29 is 14.7 Å². The van der Waals surface area contributed by atoms with Crippen LogP contribution in [0.15, 0.2) is 6.07 Å². The van der Waals surface area contributed by atoms with Gasteiger partial charge in [0.2, 0.25) is 0 Å². The maximum atomic E-state index is 11.9. The van der Waals surface area contributed by atoms with Gasteiger partial charge in [0.25, 0.3) is 5.91 Å². The molecule has 5 nitrogen and oxygen atoms in total. The maximum Gasteiger partial charge on any atom is 0.308 e. The van der Waals surface area contributed by atoms with Gasteiger partial charge in [-0.3, -0.25) is 9.59 Å². The molecule has 1 heterocycles. The Bertz CT molecular complexity index is 487. The Hall–Kier alpha value is -1.20. The van der Waals surface area contributed by atoms with Crippen molar-refractivity contribution in [2.45, 2.75) is 27.2 Å². The molecule has 0 aliphatic rings. The molecular formula is C13H18Cl2N2O3. The molecule has 1 amide bonds. The molecule has 1 aromatic rings. The lowest BCUT2D eigenvalue weighted by Gasteiger charge is -2.23. The fourth-order valence-electron chi connectivity index (χ4n) is 1.82. The number of aliphatic carboxylic acids is 1. The van der Waals surface area contributed by atoms with Crippen LogP contribution in [0.25, 0.3) is 0 Å². The van der Waals surface area contributed by atoms with E-state index in [1.165, 1.54) is 6.07 Å². The first-order valence-electron chi connectivity index (χ1n) is 6.15. The van der Waals surface area contributed by atoms with Crippen LogP contribution in [-0.2, 0) is 4.79 Å². The van der Waals surface area contributed by atoms with E-state index in [9.17, 15) is 9.59 Å². The number of nitrogens with one attached hydrogen (secondary N) is 2. The number of carboxylic acid groups (broad SMARTS) is 1. The molecule has 0 saturated carbocycles. The highest BCUT2D eigenvalue weighted by Gasteiger charge is 2.25. The van der Waals surface area contributed by atoms with E-state index in [1.807, 2.05) is 20.8 Å². The standard InChI is InChI=1S/C13H18Cl2N2O3/c1-13(2,3)5-7(12(19)20)6-16-11(18)9-4-8(14)10(15)17-9/h4,7,17H,5-6H2,1-3H3,(H,16,18)(H,19,20). The molecule has 1 atom stereocenters. The van der Waals surface area contributed by atoms with Crippen LogP contribution in [-0.4, -0.2) is 28.5 Å². The van der Waals surface area contributed by atoms with Crippen molar-refractivity contribution in [3.63, 3.8) is 0 Å². The van der Waals surface area contributed by atoms with Gasteiger partial charge in [-0.2, -0.15) is 0 Å². The van der Waals surface area contributed by atoms with Crippen LogP contribution in [0.1, 0.15) is 37.7 Å². The van der Waals surface area contributed by atoms with Gasteiger partial charge in [-0.05, 0) is 17.9 Å². The smallest absolute Gasteiger partial charge is 0.308 e. The summed E-state index contributed by atoms with van der Waals surface area (Å²) < 4.78 is 0. The van der Waals surface area contributed by atoms with Gasteiger partial charge in [-0.25, -0.2) is 0 Å². The molecule has 1 aromatic heterocycles. The van der Waals surface area contributed by atoms with Crippen molar-refractivity contribution in [1.29, 1.82) is 0 Å². The zero-order valence-corrected chi connectivity index (χ0v) is 13.1. The molecule has 1 unspecified atom stereocenters. The monoisotopic (exact) mass is 320 g/mol. The number of hydrogen-bond donors (Lipinski definition) is 3. The van der Waals surface area contributed by atoms with Gasteiger partial charge in [0.05, 0.1) is 10.9 Å². The Kier molecular flexibility index (Phi) is 5.48. The largest absolute Gasteiger partial charge is 0.481 e. The van der Waals surface area contributed by atoms with E-state index >= 15 is 0 Å². The van der Waals surface area contributed by atoms with Crippen LogP contribution < -0.4 is 5.32 Å². The van der Waals surface area contributed by atoms with Crippen LogP contribution in [0.5, 0.6) is 0 Å². The van der Waals surface area contributed by atoms with Gasteiger partial charge in [0.15, 0.2) is 0 Å². The number of rotatable bonds is 5. The number of carbonyl (C=O) groups excluding carboxylic acids is 1. The summed E-state index contributed by atoms with van der Waals surface area (Å²) in [5.41, 5.74) is 0.0761. The number of carbonyl (C=O) groups is 2. The second kappa shape index (κ2) is 6.50. The van der Waals surface area contributed by atoms with Crippen molar-refractivity contribution in [3.05, 3.63) is 21.9 Å². The quantitative estimate of drug-likeness (QED) is 0.779. The Morgan fingerprint density at radius 3 is 2.40 bits per heavy atom. The lowest BCUT2D eigenvalue weighted by Crippen LogP contribution is -2.35. The molecule has 112 valence electrons. The van der Waals surface area contributed by atoms with E-state index in [0.29, 0.717) is 6.42 Å². The van der Waals surface area contributed by atoms with E-state index in [0.717, 1.165) is 0 Å². The van der Waals surface area contributed by atoms with Crippen molar-refractivity contribution in [2.75, 3.05) is 6.54 Å². The number of aromatic amines is 1. The predicted molar refractivity (Wildman–Crippen MR) is 78.3 cm³/mol. The summed E-state index contributed by atoms with van der Waals surface area (Å²) in [5, 5.41) is 12.2. The molecule has 0 aliphatic heterocycles. The van der Waals surface area contributed by atoms with Crippen LogP contribution in [0.4, 0.5) is 0 Å². The van der Waals surface area contributed by atoms with Crippen molar-refractivity contribution >= 4 is 35.1 Å². The third kappa shape index (κ3) is 5.06. The molecule has 0 radical (unpaired) electrons. The first kappa shape index (κ1) is 16.9. The van der Waals surface area contributed by atoms with Crippen LogP contribution in [0, 0.1) is 11.3 Å². The number of hydrogen-bond acceptors (Lipinski definition) is 2. The number of carboxylic acids is 1. The van der Waals surface area contributed by atoms with Crippen molar-refractivity contribution in [1.82, 2.24) is 10.3 Å². The molecule has 0 spiro atoms. The molecule has 20 heavy (non-hydrogen) atoms. The number of H-pyrrole nitrogens is 1. The highest BCUT2D eigenvalue weighted by molar-refractivity contribution is 6.41. The highest BCUT2D eigenvalue weighted by Crippen LogP contribution is 2.25. The zero-order chi connectivity index (χ0) is 15.5. The molecule has 1 rings (SSSR count). The average Bonchev–Trinajstić information content (AvgIpc) is 2.63. The van der Waals surface area contributed by atoms with E-state index < -0.39 is 17.8 Å².